The van der Waals surface area contributed by atoms with E-state index in [4.69, 9.17) is 11.6 Å². The summed E-state index contributed by atoms with van der Waals surface area (Å²) in [6, 6.07) is 17.7. The van der Waals surface area contributed by atoms with Crippen LogP contribution in [0.2, 0.25) is 5.02 Å². The Morgan fingerprint density at radius 2 is 1.68 bits per heavy atom. The van der Waals surface area contributed by atoms with Crippen LogP contribution in [0.1, 0.15) is 24.0 Å². The third kappa shape index (κ3) is 4.11. The third-order valence-corrected chi connectivity index (χ3v) is 5.62. The molecule has 5 nitrogen and oxygen atoms in total. The van der Waals surface area contributed by atoms with Gasteiger partial charge in [-0.05, 0) is 17.7 Å². The highest BCUT2D eigenvalue weighted by molar-refractivity contribution is 6.32. The molecular formula is C22H24ClN4O+. The summed E-state index contributed by atoms with van der Waals surface area (Å²) < 4.78 is 1.32. The summed E-state index contributed by atoms with van der Waals surface area (Å²) in [6.07, 6.45) is 4.24. The second kappa shape index (κ2) is 8.59. The Morgan fingerprint density at radius 1 is 1.00 bits per heavy atom. The van der Waals surface area contributed by atoms with Crippen molar-refractivity contribution in [3.05, 3.63) is 87.3 Å². The standard InChI is InChI=1S/C22H23ClN4O/c23-21-20(15-25-27(22(21)28)19-10-2-1-3-11-19)24-14-17-8-4-5-9-18(17)16-26-12-6-7-13-26/h1-5,8-11,15,24H,6-7,12-14,16H2/p+1. The average Bonchev–Trinajstić information content (AvgIpc) is 3.24. The van der Waals surface area contributed by atoms with E-state index in [2.05, 4.69) is 28.6 Å². The molecule has 0 bridgehead atoms. The number of rotatable bonds is 6. The SMILES string of the molecule is O=c1c(Cl)c(NCc2ccccc2C[NH+]2CCCC2)cnn1-c1ccccc1. The van der Waals surface area contributed by atoms with Gasteiger partial charge in [-0.1, -0.05) is 54.1 Å². The summed E-state index contributed by atoms with van der Waals surface area (Å²) in [4.78, 5) is 14.3. The number of hydrogen-bond donors (Lipinski definition) is 2. The Balaban J connectivity index is 1.51. The summed E-state index contributed by atoms with van der Waals surface area (Å²) in [5, 5.41) is 7.73. The Hall–Kier alpha value is -2.63. The summed E-state index contributed by atoms with van der Waals surface area (Å²) in [7, 11) is 0. The van der Waals surface area contributed by atoms with E-state index in [0.29, 0.717) is 17.9 Å². The molecule has 1 aliphatic heterocycles. The first-order valence-electron chi connectivity index (χ1n) is 9.70. The third-order valence-electron chi connectivity index (χ3n) is 5.26. The Kier molecular flexibility index (Phi) is 5.74. The molecule has 0 amide bonds. The molecule has 0 atom stereocenters. The molecule has 4 rings (SSSR count). The molecule has 0 unspecified atom stereocenters. The first-order valence-corrected chi connectivity index (χ1v) is 10.1. The van der Waals surface area contributed by atoms with E-state index in [0.717, 1.165) is 6.54 Å². The highest BCUT2D eigenvalue weighted by Crippen LogP contribution is 2.18. The molecule has 2 heterocycles. The van der Waals surface area contributed by atoms with Gasteiger partial charge in [0.2, 0.25) is 0 Å². The molecule has 0 saturated carbocycles. The Morgan fingerprint density at radius 3 is 2.43 bits per heavy atom. The van der Waals surface area contributed by atoms with Gasteiger partial charge in [0.25, 0.3) is 5.56 Å². The first-order chi connectivity index (χ1) is 13.7. The fraction of sp³-hybridized carbons (Fsp3) is 0.273. The van der Waals surface area contributed by atoms with Crippen LogP contribution in [0.4, 0.5) is 5.69 Å². The van der Waals surface area contributed by atoms with Crippen LogP contribution in [0.5, 0.6) is 0 Å². The van der Waals surface area contributed by atoms with Crippen molar-refractivity contribution in [3.8, 4) is 5.69 Å². The van der Waals surface area contributed by atoms with Crippen LogP contribution in [0, 0.1) is 0 Å². The summed E-state index contributed by atoms with van der Waals surface area (Å²) >= 11 is 6.35. The van der Waals surface area contributed by atoms with Gasteiger partial charge in [0.15, 0.2) is 0 Å². The molecule has 6 heteroatoms. The second-order valence-corrected chi connectivity index (χ2v) is 7.56. The van der Waals surface area contributed by atoms with Crippen LogP contribution in [0.25, 0.3) is 5.69 Å². The molecular weight excluding hydrogens is 372 g/mol. The highest BCUT2D eigenvalue weighted by Gasteiger charge is 2.17. The molecule has 0 radical (unpaired) electrons. The summed E-state index contributed by atoms with van der Waals surface area (Å²) in [5.41, 5.74) is 3.49. The van der Waals surface area contributed by atoms with Crippen molar-refractivity contribution in [1.29, 1.82) is 0 Å². The largest absolute Gasteiger partial charge is 0.378 e. The minimum atomic E-state index is -0.326. The molecule has 1 aliphatic rings. The quantitative estimate of drug-likeness (QED) is 0.674. The monoisotopic (exact) mass is 395 g/mol. The lowest BCUT2D eigenvalue weighted by molar-refractivity contribution is -0.901. The van der Waals surface area contributed by atoms with E-state index < -0.39 is 0 Å². The number of para-hydroxylation sites is 1. The van der Waals surface area contributed by atoms with Crippen molar-refractivity contribution in [2.75, 3.05) is 18.4 Å². The van der Waals surface area contributed by atoms with Gasteiger partial charge in [-0.15, -0.1) is 0 Å². The van der Waals surface area contributed by atoms with Crippen molar-refractivity contribution >= 4 is 17.3 Å². The minimum Gasteiger partial charge on any atom is -0.378 e. The zero-order valence-electron chi connectivity index (χ0n) is 15.7. The summed E-state index contributed by atoms with van der Waals surface area (Å²) in [5.74, 6) is 0. The van der Waals surface area contributed by atoms with Gasteiger partial charge >= 0.3 is 0 Å². The number of nitrogens with zero attached hydrogens (tertiary/aromatic N) is 2. The summed E-state index contributed by atoms with van der Waals surface area (Å²) in [6.45, 7) is 4.14. The molecule has 0 spiro atoms. The topological polar surface area (TPSA) is 51.4 Å². The van der Waals surface area contributed by atoms with Crippen LogP contribution in [0.3, 0.4) is 0 Å². The maximum Gasteiger partial charge on any atom is 0.292 e. The lowest BCUT2D eigenvalue weighted by Gasteiger charge is -2.16. The lowest BCUT2D eigenvalue weighted by atomic mass is 10.1. The van der Waals surface area contributed by atoms with E-state index in [1.165, 1.54) is 41.7 Å². The average molecular weight is 396 g/mol. The van der Waals surface area contributed by atoms with Gasteiger partial charge in [0, 0.05) is 24.9 Å². The second-order valence-electron chi connectivity index (χ2n) is 7.18. The number of halogens is 1. The van der Waals surface area contributed by atoms with Crippen molar-refractivity contribution in [2.45, 2.75) is 25.9 Å². The lowest BCUT2D eigenvalue weighted by Crippen LogP contribution is -3.08. The van der Waals surface area contributed by atoms with Crippen molar-refractivity contribution in [1.82, 2.24) is 9.78 Å². The van der Waals surface area contributed by atoms with Crippen LogP contribution in [0.15, 0.2) is 65.6 Å². The first kappa shape index (κ1) is 18.7. The molecule has 0 aliphatic carbocycles. The number of nitrogens with one attached hydrogen (secondary N) is 2. The fourth-order valence-electron chi connectivity index (χ4n) is 3.72. The van der Waals surface area contributed by atoms with E-state index in [1.807, 2.05) is 36.4 Å². The zero-order chi connectivity index (χ0) is 19.3. The van der Waals surface area contributed by atoms with Crippen LogP contribution in [-0.2, 0) is 13.1 Å². The minimum absolute atomic E-state index is 0.154. The number of anilines is 1. The van der Waals surface area contributed by atoms with E-state index >= 15 is 0 Å². The number of quaternary nitrogens is 1. The predicted molar refractivity (Wildman–Crippen MR) is 112 cm³/mol. The van der Waals surface area contributed by atoms with Gasteiger partial charge < -0.3 is 10.2 Å². The Labute approximate surface area is 169 Å². The Bertz CT molecular complexity index is 997. The number of hydrogen-bond acceptors (Lipinski definition) is 3. The van der Waals surface area contributed by atoms with Gasteiger partial charge in [0.1, 0.15) is 11.6 Å². The van der Waals surface area contributed by atoms with Crippen LogP contribution in [-0.4, -0.2) is 22.9 Å². The molecule has 28 heavy (non-hydrogen) atoms. The maximum absolute atomic E-state index is 12.6. The normalized spacial score (nSPS) is 14.3. The molecule has 1 aromatic heterocycles. The number of likely N-dealkylation sites (tertiary alicyclic amines) is 1. The molecule has 2 N–H and O–H groups in total. The molecule has 144 valence electrons. The van der Waals surface area contributed by atoms with Gasteiger partial charge in [0.05, 0.1) is 30.7 Å². The van der Waals surface area contributed by atoms with E-state index in [9.17, 15) is 4.79 Å². The van der Waals surface area contributed by atoms with Gasteiger partial charge in [-0.2, -0.15) is 9.78 Å². The molecule has 1 saturated heterocycles. The highest BCUT2D eigenvalue weighted by atomic mass is 35.5. The van der Waals surface area contributed by atoms with Crippen LogP contribution < -0.4 is 15.8 Å². The fourth-order valence-corrected chi connectivity index (χ4v) is 3.92. The van der Waals surface area contributed by atoms with Crippen LogP contribution >= 0.6 is 11.6 Å². The van der Waals surface area contributed by atoms with Crippen molar-refractivity contribution in [3.63, 3.8) is 0 Å². The molecule has 3 aromatic rings. The molecule has 1 fully saturated rings. The van der Waals surface area contributed by atoms with Crippen molar-refractivity contribution in [2.24, 2.45) is 0 Å². The molecule has 2 aromatic carbocycles. The number of aromatic nitrogens is 2. The van der Waals surface area contributed by atoms with E-state index in [1.54, 1.807) is 11.1 Å². The smallest absolute Gasteiger partial charge is 0.292 e. The predicted octanol–water partition coefficient (Wildman–Crippen LogP) is 2.68. The zero-order valence-corrected chi connectivity index (χ0v) is 16.5. The van der Waals surface area contributed by atoms with Gasteiger partial charge in [-0.25, -0.2) is 0 Å². The maximum atomic E-state index is 12.6. The van der Waals surface area contributed by atoms with Crippen molar-refractivity contribution < 1.29 is 4.90 Å². The van der Waals surface area contributed by atoms with E-state index in [-0.39, 0.29) is 10.6 Å². The number of benzene rings is 2. The van der Waals surface area contributed by atoms with Gasteiger partial charge in [-0.3, -0.25) is 4.79 Å².